The van der Waals surface area contributed by atoms with Gasteiger partial charge < -0.3 is 15.1 Å². The molecule has 1 unspecified atom stereocenters. The zero-order valence-corrected chi connectivity index (χ0v) is 17.9. The molecule has 1 saturated heterocycles. The van der Waals surface area contributed by atoms with Crippen molar-refractivity contribution in [1.29, 1.82) is 0 Å². The Morgan fingerprint density at radius 3 is 2.39 bits per heavy atom. The number of nitrogens with one attached hydrogen (secondary N) is 1. The fourth-order valence-electron chi connectivity index (χ4n) is 3.24. The largest absolute Gasteiger partial charge is 0.353 e. The molecule has 0 spiro atoms. The number of piperazine rings is 1. The minimum atomic E-state index is -0.367. The Bertz CT molecular complexity index is 821. The van der Waals surface area contributed by atoms with Gasteiger partial charge in [-0.15, -0.1) is 0 Å². The second-order valence-corrected chi connectivity index (χ2v) is 8.06. The van der Waals surface area contributed by atoms with Crippen molar-refractivity contribution in [3.63, 3.8) is 0 Å². The van der Waals surface area contributed by atoms with Gasteiger partial charge >= 0.3 is 0 Å². The molecule has 0 saturated carbocycles. The van der Waals surface area contributed by atoms with Crippen LogP contribution in [0.3, 0.4) is 0 Å². The van der Waals surface area contributed by atoms with E-state index < -0.39 is 0 Å². The SMILES string of the molecule is CC(=O)NC(CC(=O)N1CCN(c2ccc(Br)cn2)CC1)c1ccc(Cl)cc1. The van der Waals surface area contributed by atoms with Crippen LogP contribution in [0.15, 0.2) is 47.1 Å². The zero-order valence-electron chi connectivity index (χ0n) is 15.6. The normalized spacial score (nSPS) is 15.2. The average molecular weight is 466 g/mol. The van der Waals surface area contributed by atoms with Gasteiger partial charge in [0.25, 0.3) is 0 Å². The first-order chi connectivity index (χ1) is 13.4. The highest BCUT2D eigenvalue weighted by Gasteiger charge is 2.25. The molecule has 1 aromatic heterocycles. The van der Waals surface area contributed by atoms with E-state index in [1.54, 1.807) is 18.3 Å². The molecule has 1 N–H and O–H groups in total. The van der Waals surface area contributed by atoms with E-state index in [2.05, 4.69) is 31.1 Å². The third-order valence-electron chi connectivity index (χ3n) is 4.70. The Balaban J connectivity index is 1.60. The maximum Gasteiger partial charge on any atom is 0.225 e. The van der Waals surface area contributed by atoms with Crippen LogP contribution in [0, 0.1) is 0 Å². The number of nitrogens with zero attached hydrogens (tertiary/aromatic N) is 3. The summed E-state index contributed by atoms with van der Waals surface area (Å²) in [6, 6.07) is 10.8. The fourth-order valence-corrected chi connectivity index (χ4v) is 3.60. The van der Waals surface area contributed by atoms with Crippen molar-refractivity contribution >= 4 is 45.2 Å². The highest BCUT2D eigenvalue weighted by Crippen LogP contribution is 2.22. The number of halogens is 2. The summed E-state index contributed by atoms with van der Waals surface area (Å²) in [7, 11) is 0. The van der Waals surface area contributed by atoms with Crippen LogP contribution < -0.4 is 10.2 Å². The second kappa shape index (κ2) is 9.39. The highest BCUT2D eigenvalue weighted by atomic mass is 79.9. The zero-order chi connectivity index (χ0) is 20.1. The molecular weight excluding hydrogens is 444 g/mol. The molecule has 3 rings (SSSR count). The summed E-state index contributed by atoms with van der Waals surface area (Å²) < 4.78 is 0.941. The molecule has 2 amide bonds. The first-order valence-corrected chi connectivity index (χ1v) is 10.3. The lowest BCUT2D eigenvalue weighted by Crippen LogP contribution is -2.49. The van der Waals surface area contributed by atoms with Gasteiger partial charge in [0.1, 0.15) is 5.82 Å². The fraction of sp³-hybridized carbons (Fsp3) is 0.350. The van der Waals surface area contributed by atoms with Gasteiger partial charge in [-0.05, 0) is 45.8 Å². The summed E-state index contributed by atoms with van der Waals surface area (Å²) in [6.45, 7) is 4.17. The lowest BCUT2D eigenvalue weighted by Gasteiger charge is -2.36. The Labute approximate surface area is 178 Å². The molecule has 1 aromatic carbocycles. The van der Waals surface area contributed by atoms with Crippen LogP contribution in [0.5, 0.6) is 0 Å². The summed E-state index contributed by atoms with van der Waals surface area (Å²) >= 11 is 9.34. The lowest BCUT2D eigenvalue weighted by atomic mass is 10.0. The molecule has 1 fully saturated rings. The molecule has 0 bridgehead atoms. The predicted octanol–water partition coefficient (Wildman–Crippen LogP) is 3.41. The smallest absolute Gasteiger partial charge is 0.225 e. The van der Waals surface area contributed by atoms with E-state index in [-0.39, 0.29) is 24.3 Å². The van der Waals surface area contributed by atoms with Crippen molar-refractivity contribution in [1.82, 2.24) is 15.2 Å². The van der Waals surface area contributed by atoms with Crippen molar-refractivity contribution < 1.29 is 9.59 Å². The van der Waals surface area contributed by atoms with Crippen LogP contribution in [0.4, 0.5) is 5.82 Å². The Morgan fingerprint density at radius 1 is 1.14 bits per heavy atom. The second-order valence-electron chi connectivity index (χ2n) is 6.71. The van der Waals surface area contributed by atoms with E-state index in [0.717, 1.165) is 28.9 Å². The molecular formula is C20H22BrClN4O2. The van der Waals surface area contributed by atoms with Crippen LogP contribution >= 0.6 is 27.5 Å². The van der Waals surface area contributed by atoms with E-state index >= 15 is 0 Å². The lowest BCUT2D eigenvalue weighted by molar-refractivity contribution is -0.132. The minimum Gasteiger partial charge on any atom is -0.353 e. The molecule has 1 aliphatic heterocycles. The van der Waals surface area contributed by atoms with E-state index in [1.807, 2.05) is 29.2 Å². The van der Waals surface area contributed by atoms with E-state index in [1.165, 1.54) is 6.92 Å². The first-order valence-electron chi connectivity index (χ1n) is 9.09. The summed E-state index contributed by atoms with van der Waals surface area (Å²) in [5.74, 6) is 0.767. The molecule has 8 heteroatoms. The van der Waals surface area contributed by atoms with Gasteiger partial charge in [0.2, 0.25) is 11.8 Å². The van der Waals surface area contributed by atoms with E-state index in [9.17, 15) is 9.59 Å². The van der Waals surface area contributed by atoms with Crippen molar-refractivity contribution in [2.24, 2.45) is 0 Å². The third-order valence-corrected chi connectivity index (χ3v) is 5.42. The van der Waals surface area contributed by atoms with Crippen molar-refractivity contribution in [2.75, 3.05) is 31.1 Å². The van der Waals surface area contributed by atoms with Gasteiger partial charge in [-0.25, -0.2) is 4.98 Å². The molecule has 2 heterocycles. The first kappa shape index (κ1) is 20.6. The summed E-state index contributed by atoms with van der Waals surface area (Å²) in [4.78, 5) is 32.9. The van der Waals surface area contributed by atoms with Crippen LogP contribution in [-0.2, 0) is 9.59 Å². The molecule has 0 radical (unpaired) electrons. The van der Waals surface area contributed by atoms with Crippen molar-refractivity contribution in [3.05, 3.63) is 57.7 Å². The average Bonchev–Trinajstić information content (AvgIpc) is 2.68. The predicted molar refractivity (Wildman–Crippen MR) is 113 cm³/mol. The van der Waals surface area contributed by atoms with Gasteiger partial charge in [-0.1, -0.05) is 23.7 Å². The number of hydrogen-bond donors (Lipinski definition) is 1. The van der Waals surface area contributed by atoms with Gasteiger partial charge in [-0.3, -0.25) is 9.59 Å². The number of hydrogen-bond acceptors (Lipinski definition) is 4. The maximum atomic E-state index is 12.8. The van der Waals surface area contributed by atoms with Gasteiger partial charge in [0.05, 0.1) is 12.5 Å². The van der Waals surface area contributed by atoms with Crippen LogP contribution in [0.1, 0.15) is 24.9 Å². The number of aromatic nitrogens is 1. The molecule has 1 atom stereocenters. The van der Waals surface area contributed by atoms with Gasteiger partial charge in [0.15, 0.2) is 0 Å². The highest BCUT2D eigenvalue weighted by molar-refractivity contribution is 9.10. The van der Waals surface area contributed by atoms with Gasteiger partial charge in [0, 0.05) is 48.8 Å². The van der Waals surface area contributed by atoms with Crippen molar-refractivity contribution in [3.8, 4) is 0 Å². The molecule has 0 aliphatic carbocycles. The molecule has 1 aliphatic rings. The number of rotatable bonds is 5. The monoisotopic (exact) mass is 464 g/mol. The topological polar surface area (TPSA) is 65.5 Å². The van der Waals surface area contributed by atoms with Crippen LogP contribution in [-0.4, -0.2) is 47.9 Å². The van der Waals surface area contributed by atoms with Crippen molar-refractivity contribution in [2.45, 2.75) is 19.4 Å². The standard InChI is InChI=1S/C20H22BrClN4O2/c1-14(27)24-18(15-2-5-17(22)6-3-15)12-20(28)26-10-8-25(9-11-26)19-7-4-16(21)13-23-19/h2-7,13,18H,8-12H2,1H3,(H,24,27). The number of amides is 2. The third kappa shape index (κ3) is 5.45. The molecule has 6 nitrogen and oxygen atoms in total. The van der Waals surface area contributed by atoms with Crippen LogP contribution in [0.2, 0.25) is 5.02 Å². The number of carbonyl (C=O) groups excluding carboxylic acids is 2. The van der Waals surface area contributed by atoms with E-state index in [0.29, 0.717) is 18.1 Å². The van der Waals surface area contributed by atoms with Crippen LogP contribution in [0.25, 0.3) is 0 Å². The summed E-state index contributed by atoms with van der Waals surface area (Å²) in [6.07, 6.45) is 1.99. The molecule has 2 aromatic rings. The Morgan fingerprint density at radius 2 is 1.82 bits per heavy atom. The van der Waals surface area contributed by atoms with Gasteiger partial charge in [-0.2, -0.15) is 0 Å². The number of carbonyl (C=O) groups is 2. The Kier molecular flexibility index (Phi) is 6.91. The number of benzene rings is 1. The number of pyridine rings is 1. The summed E-state index contributed by atoms with van der Waals surface area (Å²) in [5.41, 5.74) is 0.866. The van der Waals surface area contributed by atoms with E-state index in [4.69, 9.17) is 11.6 Å². The maximum absolute atomic E-state index is 12.8. The quantitative estimate of drug-likeness (QED) is 0.735. The number of anilines is 1. The summed E-state index contributed by atoms with van der Waals surface area (Å²) in [5, 5.41) is 3.49. The molecule has 148 valence electrons. The minimum absolute atomic E-state index is 0.0251. The Hall–Kier alpha value is -2.12. The molecule has 28 heavy (non-hydrogen) atoms.